The van der Waals surface area contributed by atoms with Gasteiger partial charge in [-0.1, -0.05) is 30.3 Å². The third-order valence-corrected chi connectivity index (χ3v) is 4.81. The summed E-state index contributed by atoms with van der Waals surface area (Å²) in [5.41, 5.74) is 4.27. The lowest BCUT2D eigenvalue weighted by Gasteiger charge is -2.10. The molecule has 0 aliphatic rings. The minimum atomic E-state index is -1.09. The minimum Gasteiger partial charge on any atom is -0.493 e. The molecule has 1 N–H and O–H groups in total. The van der Waals surface area contributed by atoms with Crippen molar-refractivity contribution in [2.45, 2.75) is 20.4 Å². The zero-order valence-electron chi connectivity index (χ0n) is 17.7. The molecule has 0 amide bonds. The largest absolute Gasteiger partial charge is 0.493 e. The highest BCUT2D eigenvalue weighted by Crippen LogP contribution is 2.28. The van der Waals surface area contributed by atoms with E-state index >= 15 is 0 Å². The molecule has 0 saturated carbocycles. The van der Waals surface area contributed by atoms with Crippen molar-refractivity contribution in [1.29, 1.82) is 0 Å². The van der Waals surface area contributed by atoms with Crippen LogP contribution in [-0.2, 0) is 11.3 Å². The van der Waals surface area contributed by atoms with Gasteiger partial charge in [0.1, 0.15) is 0 Å². The van der Waals surface area contributed by atoms with Gasteiger partial charge in [-0.05, 0) is 49.8 Å². The quantitative estimate of drug-likeness (QED) is 0.417. The van der Waals surface area contributed by atoms with Crippen molar-refractivity contribution in [2.24, 2.45) is 0 Å². The first-order valence-corrected chi connectivity index (χ1v) is 9.72. The molecule has 2 aromatic carbocycles. The maximum atomic E-state index is 12.7. The van der Waals surface area contributed by atoms with Gasteiger partial charge >= 0.3 is 5.97 Å². The highest BCUT2D eigenvalue weighted by molar-refractivity contribution is 6.07. The highest BCUT2D eigenvalue weighted by Gasteiger charge is 2.13. The number of carboxylic acid groups (broad SMARTS) is 1. The summed E-state index contributed by atoms with van der Waals surface area (Å²) in [6, 6.07) is 14.7. The molecule has 0 unspecified atom stereocenters. The highest BCUT2D eigenvalue weighted by atomic mass is 16.5. The van der Waals surface area contributed by atoms with Crippen molar-refractivity contribution < 1.29 is 24.2 Å². The number of hydrogen-bond acceptors (Lipinski definition) is 5. The third kappa shape index (κ3) is 5.39. The van der Waals surface area contributed by atoms with Crippen LogP contribution in [0.3, 0.4) is 0 Å². The van der Waals surface area contributed by atoms with Gasteiger partial charge < -0.3 is 14.6 Å². The lowest BCUT2D eigenvalue weighted by atomic mass is 10.1. The first-order chi connectivity index (χ1) is 14.9. The molecule has 0 aliphatic carbocycles. The van der Waals surface area contributed by atoms with Crippen LogP contribution in [0.1, 0.15) is 32.9 Å². The van der Waals surface area contributed by atoms with Gasteiger partial charge in [-0.15, -0.1) is 0 Å². The standard InChI is InChI=1S/C24H24N2O5/c1-16-20(17(2)26(25-16)14-18-7-5-4-6-8-18)10-11-21(27)19-9-12-22(23(13-19)30-3)31-15-24(28)29/h4-13H,14-15H2,1-3H3,(H,28,29)/b11-10+. The molecule has 0 spiro atoms. The SMILES string of the molecule is COc1cc(C(=O)/C=C/c2c(C)nn(Cc3ccccc3)c2C)ccc1OCC(=O)O. The van der Waals surface area contributed by atoms with Gasteiger partial charge in [0.2, 0.25) is 0 Å². The lowest BCUT2D eigenvalue weighted by molar-refractivity contribution is -0.139. The number of carboxylic acids is 1. The first kappa shape index (κ1) is 21.8. The lowest BCUT2D eigenvalue weighted by Crippen LogP contribution is -2.10. The van der Waals surface area contributed by atoms with Crippen molar-refractivity contribution in [1.82, 2.24) is 9.78 Å². The van der Waals surface area contributed by atoms with Gasteiger partial charge in [0, 0.05) is 16.8 Å². The van der Waals surface area contributed by atoms with Gasteiger partial charge in [-0.2, -0.15) is 5.10 Å². The van der Waals surface area contributed by atoms with E-state index in [9.17, 15) is 9.59 Å². The summed E-state index contributed by atoms with van der Waals surface area (Å²) in [6.45, 7) is 4.06. The number of methoxy groups -OCH3 is 1. The van der Waals surface area contributed by atoms with E-state index in [1.54, 1.807) is 12.1 Å². The van der Waals surface area contributed by atoms with E-state index in [4.69, 9.17) is 14.6 Å². The van der Waals surface area contributed by atoms with Gasteiger partial charge in [0.25, 0.3) is 0 Å². The van der Waals surface area contributed by atoms with Crippen LogP contribution in [0, 0.1) is 13.8 Å². The smallest absolute Gasteiger partial charge is 0.341 e. The summed E-state index contributed by atoms with van der Waals surface area (Å²) in [7, 11) is 1.43. The van der Waals surface area contributed by atoms with Crippen molar-refractivity contribution in [3.05, 3.63) is 82.7 Å². The van der Waals surface area contributed by atoms with Crippen LogP contribution in [0.5, 0.6) is 11.5 Å². The zero-order chi connectivity index (χ0) is 22.4. The monoisotopic (exact) mass is 420 g/mol. The Morgan fingerprint density at radius 3 is 2.52 bits per heavy atom. The van der Waals surface area contributed by atoms with E-state index in [1.807, 2.05) is 48.9 Å². The van der Waals surface area contributed by atoms with Crippen molar-refractivity contribution in [2.75, 3.05) is 13.7 Å². The van der Waals surface area contributed by atoms with Gasteiger partial charge in [-0.25, -0.2) is 4.79 Å². The van der Waals surface area contributed by atoms with Crippen LogP contribution in [0.4, 0.5) is 0 Å². The summed E-state index contributed by atoms with van der Waals surface area (Å²) in [5, 5.41) is 13.4. The second-order valence-electron chi connectivity index (χ2n) is 6.97. The van der Waals surface area contributed by atoms with E-state index in [1.165, 1.54) is 25.3 Å². The van der Waals surface area contributed by atoms with E-state index in [-0.39, 0.29) is 11.5 Å². The Hall–Kier alpha value is -3.87. The first-order valence-electron chi connectivity index (χ1n) is 9.72. The number of allylic oxidation sites excluding steroid dienone is 1. The van der Waals surface area contributed by atoms with E-state index < -0.39 is 12.6 Å². The van der Waals surface area contributed by atoms with Crippen molar-refractivity contribution in [3.63, 3.8) is 0 Å². The van der Waals surface area contributed by atoms with Crippen LogP contribution >= 0.6 is 0 Å². The zero-order valence-corrected chi connectivity index (χ0v) is 17.7. The van der Waals surface area contributed by atoms with E-state index in [2.05, 4.69) is 5.10 Å². The molecule has 0 radical (unpaired) electrons. The molecule has 0 fully saturated rings. The predicted molar refractivity (Wildman–Crippen MR) is 117 cm³/mol. The number of ketones is 1. The van der Waals surface area contributed by atoms with Gasteiger partial charge in [0.15, 0.2) is 23.9 Å². The summed E-state index contributed by atoms with van der Waals surface area (Å²) >= 11 is 0. The predicted octanol–water partition coefficient (Wildman–Crippen LogP) is 3.92. The molecule has 31 heavy (non-hydrogen) atoms. The summed E-state index contributed by atoms with van der Waals surface area (Å²) < 4.78 is 12.3. The maximum absolute atomic E-state index is 12.7. The molecule has 1 aromatic heterocycles. The Bertz CT molecular complexity index is 1120. The van der Waals surface area contributed by atoms with E-state index in [0.717, 1.165) is 22.5 Å². The van der Waals surface area contributed by atoms with Gasteiger partial charge in [0.05, 0.1) is 19.3 Å². The molecule has 0 bridgehead atoms. The Labute approximate surface area is 180 Å². The number of benzene rings is 2. The van der Waals surface area contributed by atoms with Crippen molar-refractivity contribution >= 4 is 17.8 Å². The molecule has 7 heteroatoms. The summed E-state index contributed by atoms with van der Waals surface area (Å²) in [4.78, 5) is 23.4. The molecule has 1 heterocycles. The average Bonchev–Trinajstić information content (AvgIpc) is 3.03. The summed E-state index contributed by atoms with van der Waals surface area (Å²) in [5.74, 6) is -0.746. The molecular formula is C24H24N2O5. The number of aliphatic carboxylic acids is 1. The Morgan fingerprint density at radius 2 is 1.84 bits per heavy atom. The fourth-order valence-electron chi connectivity index (χ4n) is 3.20. The number of hydrogen-bond donors (Lipinski definition) is 1. The molecular weight excluding hydrogens is 396 g/mol. The number of carbonyl (C=O) groups is 2. The molecule has 0 aliphatic heterocycles. The van der Waals surface area contributed by atoms with Crippen LogP contribution < -0.4 is 9.47 Å². The molecule has 3 aromatic rings. The molecule has 0 atom stereocenters. The molecule has 3 rings (SSSR count). The number of aromatic nitrogens is 2. The fourth-order valence-corrected chi connectivity index (χ4v) is 3.20. The summed E-state index contributed by atoms with van der Waals surface area (Å²) in [6.07, 6.45) is 3.26. The number of aryl methyl sites for hydroxylation is 1. The number of rotatable bonds is 9. The van der Waals surface area contributed by atoms with Gasteiger partial charge in [-0.3, -0.25) is 9.48 Å². The Morgan fingerprint density at radius 1 is 1.10 bits per heavy atom. The second kappa shape index (κ2) is 9.75. The van der Waals surface area contributed by atoms with Crippen LogP contribution in [-0.4, -0.2) is 40.4 Å². The van der Waals surface area contributed by atoms with Crippen LogP contribution in [0.2, 0.25) is 0 Å². The average molecular weight is 420 g/mol. The maximum Gasteiger partial charge on any atom is 0.341 e. The van der Waals surface area contributed by atoms with Crippen LogP contribution in [0.25, 0.3) is 6.08 Å². The number of ether oxygens (including phenoxy) is 2. The molecule has 0 saturated heterocycles. The molecule has 7 nitrogen and oxygen atoms in total. The normalized spacial score (nSPS) is 10.9. The van der Waals surface area contributed by atoms with Crippen molar-refractivity contribution in [3.8, 4) is 11.5 Å². The minimum absolute atomic E-state index is 0.210. The van der Waals surface area contributed by atoms with Crippen LogP contribution in [0.15, 0.2) is 54.6 Å². The number of nitrogens with zero attached hydrogens (tertiary/aromatic N) is 2. The Balaban J connectivity index is 1.77. The second-order valence-corrected chi connectivity index (χ2v) is 6.97. The number of carbonyl (C=O) groups excluding carboxylic acids is 1. The van der Waals surface area contributed by atoms with E-state index in [0.29, 0.717) is 17.9 Å². The molecule has 160 valence electrons. The Kier molecular flexibility index (Phi) is 6.87. The third-order valence-electron chi connectivity index (χ3n) is 4.81. The topological polar surface area (TPSA) is 90.6 Å². The fraction of sp³-hybridized carbons (Fsp3) is 0.208.